The maximum Gasteiger partial charge on any atom is 0.267 e. The van der Waals surface area contributed by atoms with Crippen LogP contribution < -0.4 is 10.5 Å². The number of nitrogens with one attached hydrogen (secondary N) is 1. The molecule has 0 aliphatic rings. The van der Waals surface area contributed by atoms with Gasteiger partial charge in [-0.15, -0.1) is 0 Å². The summed E-state index contributed by atoms with van der Waals surface area (Å²) in [6.07, 6.45) is 1.73. The van der Waals surface area contributed by atoms with Crippen LogP contribution in [0.5, 0.6) is 0 Å². The topological polar surface area (TPSA) is 94.2 Å². The lowest BCUT2D eigenvalue weighted by Gasteiger charge is -2.04. The molecule has 1 amide bonds. The molecule has 0 bridgehead atoms. The number of primary sulfonamides is 1. The maximum atomic E-state index is 11.4. The van der Waals surface area contributed by atoms with Gasteiger partial charge >= 0.3 is 0 Å². The Labute approximate surface area is 88.1 Å². The third-order valence-corrected chi connectivity index (χ3v) is 2.62. The van der Waals surface area contributed by atoms with E-state index in [-0.39, 0.29) is 18.2 Å². The highest BCUT2D eigenvalue weighted by atomic mass is 32.2. The molecule has 1 aromatic rings. The van der Waals surface area contributed by atoms with E-state index < -0.39 is 10.0 Å². The van der Waals surface area contributed by atoms with Crippen molar-refractivity contribution in [2.24, 2.45) is 12.2 Å². The van der Waals surface area contributed by atoms with E-state index in [2.05, 4.69) is 5.32 Å². The molecule has 1 heterocycles. The zero-order chi connectivity index (χ0) is 11.5. The van der Waals surface area contributed by atoms with E-state index in [9.17, 15) is 13.2 Å². The Kier molecular flexibility index (Phi) is 3.48. The van der Waals surface area contributed by atoms with Crippen LogP contribution in [-0.2, 0) is 17.1 Å². The lowest BCUT2D eigenvalue weighted by molar-refractivity contribution is 0.0948. The van der Waals surface area contributed by atoms with Gasteiger partial charge in [-0.2, -0.15) is 0 Å². The van der Waals surface area contributed by atoms with Crippen LogP contribution in [0.2, 0.25) is 0 Å². The van der Waals surface area contributed by atoms with E-state index in [1.807, 2.05) is 0 Å². The highest BCUT2D eigenvalue weighted by Crippen LogP contribution is 1.98. The first-order valence-electron chi connectivity index (χ1n) is 4.30. The molecule has 84 valence electrons. The molecule has 0 fully saturated rings. The number of nitrogens with two attached hydrogens (primary N) is 1. The Morgan fingerprint density at radius 1 is 1.60 bits per heavy atom. The van der Waals surface area contributed by atoms with E-state index in [4.69, 9.17) is 5.14 Å². The van der Waals surface area contributed by atoms with Gasteiger partial charge in [0, 0.05) is 19.8 Å². The number of aromatic nitrogens is 1. The van der Waals surface area contributed by atoms with Crippen LogP contribution in [-0.4, -0.2) is 31.2 Å². The van der Waals surface area contributed by atoms with Crippen LogP contribution in [0.3, 0.4) is 0 Å². The second kappa shape index (κ2) is 4.45. The molecule has 0 unspecified atom stereocenters. The smallest absolute Gasteiger partial charge is 0.267 e. The van der Waals surface area contributed by atoms with Gasteiger partial charge < -0.3 is 9.88 Å². The number of aryl methyl sites for hydroxylation is 1. The molecule has 0 saturated heterocycles. The maximum absolute atomic E-state index is 11.4. The quantitative estimate of drug-likeness (QED) is 0.699. The van der Waals surface area contributed by atoms with Crippen molar-refractivity contribution in [3.63, 3.8) is 0 Å². The molecule has 1 aromatic heterocycles. The van der Waals surface area contributed by atoms with Crippen LogP contribution in [0.4, 0.5) is 0 Å². The summed E-state index contributed by atoms with van der Waals surface area (Å²) < 4.78 is 22.8. The number of hydrogen-bond donors (Lipinski definition) is 2. The number of hydrogen-bond acceptors (Lipinski definition) is 3. The summed E-state index contributed by atoms with van der Waals surface area (Å²) >= 11 is 0. The Morgan fingerprint density at radius 3 is 2.73 bits per heavy atom. The van der Waals surface area contributed by atoms with Crippen molar-refractivity contribution >= 4 is 15.9 Å². The molecule has 6 nitrogen and oxygen atoms in total. The predicted octanol–water partition coefficient (Wildman–Crippen LogP) is -0.957. The van der Waals surface area contributed by atoms with Gasteiger partial charge in [0.25, 0.3) is 5.91 Å². The number of amides is 1. The standard InChI is InChI=1S/C8H13N3O3S/c1-11-5-2-3-7(11)8(12)10-4-6-15(9,13)14/h2-3,5H,4,6H2,1H3,(H,10,12)(H2,9,13,14). The molecule has 0 atom stereocenters. The predicted molar refractivity (Wildman–Crippen MR) is 55.7 cm³/mol. The number of nitrogens with zero attached hydrogens (tertiary/aromatic N) is 1. The number of carbonyl (C=O) groups is 1. The number of rotatable bonds is 4. The highest BCUT2D eigenvalue weighted by molar-refractivity contribution is 7.89. The van der Waals surface area contributed by atoms with Gasteiger partial charge in [-0.3, -0.25) is 4.79 Å². The molecule has 0 saturated carbocycles. The Morgan fingerprint density at radius 2 is 2.27 bits per heavy atom. The third kappa shape index (κ3) is 3.72. The lowest BCUT2D eigenvalue weighted by Crippen LogP contribution is -2.32. The summed E-state index contributed by atoms with van der Waals surface area (Å²) in [5.74, 6) is -0.575. The van der Waals surface area contributed by atoms with Crippen molar-refractivity contribution in [3.8, 4) is 0 Å². The van der Waals surface area contributed by atoms with Crippen molar-refractivity contribution in [1.82, 2.24) is 9.88 Å². The summed E-state index contributed by atoms with van der Waals surface area (Å²) in [5.41, 5.74) is 0.476. The first-order valence-corrected chi connectivity index (χ1v) is 6.02. The van der Waals surface area contributed by atoms with Crippen molar-refractivity contribution in [2.45, 2.75) is 0 Å². The van der Waals surface area contributed by atoms with Crippen LogP contribution in [0.1, 0.15) is 10.5 Å². The van der Waals surface area contributed by atoms with E-state index in [0.717, 1.165) is 0 Å². The molecule has 0 aliphatic heterocycles. The number of sulfonamides is 1. The van der Waals surface area contributed by atoms with Crippen molar-refractivity contribution in [2.75, 3.05) is 12.3 Å². The zero-order valence-electron chi connectivity index (χ0n) is 8.30. The SMILES string of the molecule is Cn1cccc1C(=O)NCCS(N)(=O)=O. The van der Waals surface area contributed by atoms with E-state index in [1.165, 1.54) is 0 Å². The number of carbonyl (C=O) groups excluding carboxylic acids is 1. The second-order valence-electron chi connectivity index (χ2n) is 3.13. The summed E-state index contributed by atoms with van der Waals surface area (Å²) in [6.45, 7) is 0.0167. The lowest BCUT2D eigenvalue weighted by atomic mass is 10.4. The van der Waals surface area contributed by atoms with Crippen molar-refractivity contribution in [1.29, 1.82) is 0 Å². The minimum absolute atomic E-state index is 0.0167. The highest BCUT2D eigenvalue weighted by Gasteiger charge is 2.09. The van der Waals surface area contributed by atoms with Gasteiger partial charge in [0.15, 0.2) is 0 Å². The molecular formula is C8H13N3O3S. The molecule has 0 radical (unpaired) electrons. The minimum Gasteiger partial charge on any atom is -0.350 e. The fourth-order valence-corrected chi connectivity index (χ4v) is 1.48. The molecule has 1 rings (SSSR count). The van der Waals surface area contributed by atoms with E-state index in [1.54, 1.807) is 29.9 Å². The Balaban J connectivity index is 2.48. The third-order valence-electron chi connectivity index (χ3n) is 1.85. The second-order valence-corrected chi connectivity index (χ2v) is 4.86. The van der Waals surface area contributed by atoms with E-state index in [0.29, 0.717) is 5.69 Å². The summed E-state index contributed by atoms with van der Waals surface area (Å²) in [6, 6.07) is 3.38. The average Bonchev–Trinajstić information content (AvgIpc) is 2.48. The van der Waals surface area contributed by atoms with Crippen LogP contribution >= 0.6 is 0 Å². The van der Waals surface area contributed by atoms with Crippen LogP contribution in [0.25, 0.3) is 0 Å². The first kappa shape index (κ1) is 11.7. The average molecular weight is 231 g/mol. The fraction of sp³-hybridized carbons (Fsp3) is 0.375. The summed E-state index contributed by atoms with van der Waals surface area (Å²) in [4.78, 5) is 11.4. The molecule has 0 aromatic carbocycles. The van der Waals surface area contributed by atoms with Crippen LogP contribution in [0.15, 0.2) is 18.3 Å². The van der Waals surface area contributed by atoms with Gasteiger partial charge in [-0.1, -0.05) is 0 Å². The van der Waals surface area contributed by atoms with Gasteiger partial charge in [-0.25, -0.2) is 13.6 Å². The molecule has 15 heavy (non-hydrogen) atoms. The molecule has 0 spiro atoms. The normalized spacial score (nSPS) is 11.3. The van der Waals surface area contributed by atoms with Gasteiger partial charge in [0.2, 0.25) is 10.0 Å². The molecule has 0 aliphatic carbocycles. The molecule has 7 heteroatoms. The van der Waals surface area contributed by atoms with Gasteiger partial charge in [-0.05, 0) is 12.1 Å². The minimum atomic E-state index is -3.52. The first-order chi connectivity index (χ1) is 6.90. The Hall–Kier alpha value is -1.34. The van der Waals surface area contributed by atoms with Crippen molar-refractivity contribution in [3.05, 3.63) is 24.0 Å². The molecular weight excluding hydrogens is 218 g/mol. The van der Waals surface area contributed by atoms with Crippen LogP contribution in [0, 0.1) is 0 Å². The Bertz CT molecular complexity index is 449. The zero-order valence-corrected chi connectivity index (χ0v) is 9.12. The van der Waals surface area contributed by atoms with E-state index >= 15 is 0 Å². The van der Waals surface area contributed by atoms with Gasteiger partial charge in [0.1, 0.15) is 5.69 Å². The monoisotopic (exact) mass is 231 g/mol. The fourth-order valence-electron chi connectivity index (χ4n) is 1.09. The van der Waals surface area contributed by atoms with Crippen molar-refractivity contribution < 1.29 is 13.2 Å². The largest absolute Gasteiger partial charge is 0.350 e. The van der Waals surface area contributed by atoms with Gasteiger partial charge in [0.05, 0.1) is 5.75 Å². The summed E-state index contributed by atoms with van der Waals surface area (Å²) in [5, 5.41) is 7.25. The summed E-state index contributed by atoms with van der Waals surface area (Å²) in [7, 11) is -1.79. The molecule has 3 N–H and O–H groups in total.